The van der Waals surface area contributed by atoms with Crippen LogP contribution in [0, 0.1) is 0 Å². The van der Waals surface area contributed by atoms with Gasteiger partial charge in [0.2, 0.25) is 0 Å². The Hall–Kier alpha value is -1.99. The predicted octanol–water partition coefficient (Wildman–Crippen LogP) is 3.19. The van der Waals surface area contributed by atoms with Gasteiger partial charge in [-0.25, -0.2) is 9.59 Å². The third-order valence-electron chi connectivity index (χ3n) is 3.71. The molecule has 0 aliphatic carbocycles. The molecule has 9 heteroatoms. The fourth-order valence-electron chi connectivity index (χ4n) is 2.56. The lowest BCUT2D eigenvalue weighted by Gasteiger charge is -2.54. The van der Waals surface area contributed by atoms with Gasteiger partial charge in [0, 0.05) is 0 Å². The highest BCUT2D eigenvalue weighted by Crippen LogP contribution is 2.45. The summed E-state index contributed by atoms with van der Waals surface area (Å²) >= 11 is 11.9. The highest BCUT2D eigenvalue weighted by molar-refractivity contribution is 6.42. The number of amides is 3. The molecule has 1 aliphatic heterocycles. The number of methoxy groups -OCH3 is 2. The third kappa shape index (κ3) is 2.40. The fourth-order valence-corrected chi connectivity index (χ4v) is 2.86. The third-order valence-corrected chi connectivity index (χ3v) is 4.45. The first-order valence-electron chi connectivity index (χ1n) is 6.61. The Morgan fingerprint density at radius 1 is 1.13 bits per heavy atom. The molecule has 1 aliphatic rings. The van der Waals surface area contributed by atoms with Crippen LogP contribution in [0.2, 0.25) is 10.0 Å². The van der Waals surface area contributed by atoms with Crippen molar-refractivity contribution in [2.24, 2.45) is 0 Å². The van der Waals surface area contributed by atoms with Crippen LogP contribution in [-0.4, -0.2) is 42.3 Å². The molecule has 2 rings (SSSR count). The van der Waals surface area contributed by atoms with Crippen molar-refractivity contribution in [2.75, 3.05) is 14.2 Å². The Morgan fingerprint density at radius 3 is 2.22 bits per heavy atom. The van der Waals surface area contributed by atoms with E-state index in [-0.39, 0.29) is 11.4 Å². The van der Waals surface area contributed by atoms with E-state index in [0.29, 0.717) is 15.6 Å². The second-order valence-electron chi connectivity index (χ2n) is 4.71. The molecule has 1 aromatic carbocycles. The zero-order chi connectivity index (χ0) is 17.4. The Balaban J connectivity index is 2.58. The Kier molecular flexibility index (Phi) is 4.72. The minimum absolute atomic E-state index is 0.201. The molecule has 0 radical (unpaired) electrons. The van der Waals surface area contributed by atoms with Gasteiger partial charge in [-0.3, -0.25) is 4.79 Å². The van der Waals surface area contributed by atoms with Crippen LogP contribution in [0.4, 0.5) is 9.59 Å². The van der Waals surface area contributed by atoms with Gasteiger partial charge in [0.25, 0.3) is 5.91 Å². The van der Waals surface area contributed by atoms with E-state index < -0.39 is 23.6 Å². The van der Waals surface area contributed by atoms with Crippen LogP contribution in [0.1, 0.15) is 18.9 Å². The molecule has 0 saturated carbocycles. The number of carbonyl (C=O) groups excluding carboxylic acids is 3. The SMILES string of the molecule is CC[C@@]1(c2ccc(Cl)c(Cl)c2)C(=O)N(C(=O)OC)N1C(=O)OC. The van der Waals surface area contributed by atoms with Crippen LogP contribution in [0.25, 0.3) is 0 Å². The first-order chi connectivity index (χ1) is 10.8. The van der Waals surface area contributed by atoms with Crippen molar-refractivity contribution in [3.05, 3.63) is 33.8 Å². The molecule has 0 bridgehead atoms. The zero-order valence-electron chi connectivity index (χ0n) is 12.6. The lowest BCUT2D eigenvalue weighted by atomic mass is 9.81. The number of imide groups is 1. The normalized spacial score (nSPS) is 20.1. The molecule has 23 heavy (non-hydrogen) atoms. The smallest absolute Gasteiger partial charge is 0.436 e. The van der Waals surface area contributed by atoms with Gasteiger partial charge in [-0.1, -0.05) is 36.2 Å². The second-order valence-corrected chi connectivity index (χ2v) is 5.53. The molecule has 1 fully saturated rings. The van der Waals surface area contributed by atoms with E-state index in [9.17, 15) is 14.4 Å². The lowest BCUT2D eigenvalue weighted by Crippen LogP contribution is -2.77. The van der Waals surface area contributed by atoms with Gasteiger partial charge in [0.15, 0.2) is 5.54 Å². The van der Waals surface area contributed by atoms with Gasteiger partial charge in [0.05, 0.1) is 24.3 Å². The summed E-state index contributed by atoms with van der Waals surface area (Å²) in [6.45, 7) is 1.70. The van der Waals surface area contributed by atoms with E-state index in [0.717, 1.165) is 19.2 Å². The summed E-state index contributed by atoms with van der Waals surface area (Å²) in [5.74, 6) is -0.615. The number of halogens is 2. The number of hydrogen-bond acceptors (Lipinski definition) is 5. The molecule has 0 aromatic heterocycles. The predicted molar refractivity (Wildman–Crippen MR) is 81.9 cm³/mol. The maximum Gasteiger partial charge on any atom is 0.436 e. The summed E-state index contributed by atoms with van der Waals surface area (Å²) in [6, 6.07) is 4.57. The van der Waals surface area contributed by atoms with E-state index in [1.165, 1.54) is 12.1 Å². The maximum atomic E-state index is 12.6. The summed E-state index contributed by atoms with van der Waals surface area (Å²) in [5, 5.41) is 2.05. The minimum atomic E-state index is -1.41. The highest BCUT2D eigenvalue weighted by atomic mass is 35.5. The lowest BCUT2D eigenvalue weighted by molar-refractivity contribution is -0.201. The topological polar surface area (TPSA) is 76.2 Å². The largest absolute Gasteiger partial charge is 0.451 e. The molecule has 3 amide bonds. The van der Waals surface area contributed by atoms with Crippen molar-refractivity contribution < 1.29 is 23.9 Å². The molecular weight excluding hydrogens is 347 g/mol. The maximum absolute atomic E-state index is 12.6. The van der Waals surface area contributed by atoms with Crippen LogP contribution < -0.4 is 0 Å². The zero-order valence-corrected chi connectivity index (χ0v) is 14.1. The molecule has 1 heterocycles. The average molecular weight is 361 g/mol. The molecular formula is C14H14Cl2N2O5. The summed E-state index contributed by atoms with van der Waals surface area (Å²) in [6.07, 6.45) is -1.65. The highest BCUT2D eigenvalue weighted by Gasteiger charge is 2.65. The number of ether oxygens (including phenoxy) is 2. The number of benzene rings is 1. The van der Waals surface area contributed by atoms with Gasteiger partial charge in [-0.05, 0) is 24.1 Å². The van der Waals surface area contributed by atoms with Crippen molar-refractivity contribution in [3.8, 4) is 0 Å². The molecule has 1 atom stereocenters. The number of rotatable bonds is 2. The monoisotopic (exact) mass is 360 g/mol. The Labute approximate surface area is 142 Å². The van der Waals surface area contributed by atoms with Crippen LogP contribution in [0.5, 0.6) is 0 Å². The second kappa shape index (κ2) is 6.25. The molecule has 0 N–H and O–H groups in total. The molecule has 0 spiro atoms. The van der Waals surface area contributed by atoms with Gasteiger partial charge in [-0.2, -0.15) is 5.01 Å². The molecule has 1 saturated heterocycles. The quantitative estimate of drug-likeness (QED) is 0.809. The first-order valence-corrected chi connectivity index (χ1v) is 7.36. The molecule has 124 valence electrons. The number of nitrogens with zero attached hydrogens (tertiary/aromatic N) is 2. The van der Waals surface area contributed by atoms with Crippen LogP contribution in [-0.2, 0) is 19.8 Å². The van der Waals surface area contributed by atoms with Crippen molar-refractivity contribution in [3.63, 3.8) is 0 Å². The van der Waals surface area contributed by atoms with E-state index in [1.807, 2.05) is 0 Å². The summed E-state index contributed by atoms with van der Waals surface area (Å²) in [7, 11) is 2.26. The van der Waals surface area contributed by atoms with Gasteiger partial charge >= 0.3 is 12.2 Å². The van der Waals surface area contributed by atoms with E-state index in [2.05, 4.69) is 9.47 Å². The standard InChI is InChI=1S/C14H14Cl2N2O5/c1-4-14(8-5-6-9(15)10(16)7-8)11(19)17(12(20)22-2)18(14)13(21)23-3/h5-7H,4H2,1-3H3/t14-/m1/s1. The molecule has 7 nitrogen and oxygen atoms in total. The van der Waals surface area contributed by atoms with Crippen molar-refractivity contribution in [1.82, 2.24) is 10.0 Å². The molecule has 0 unspecified atom stereocenters. The van der Waals surface area contributed by atoms with Crippen LogP contribution in [0.3, 0.4) is 0 Å². The minimum Gasteiger partial charge on any atom is -0.451 e. The van der Waals surface area contributed by atoms with E-state index >= 15 is 0 Å². The van der Waals surface area contributed by atoms with Gasteiger partial charge in [-0.15, -0.1) is 5.01 Å². The molecule has 1 aromatic rings. The van der Waals surface area contributed by atoms with Crippen molar-refractivity contribution in [1.29, 1.82) is 0 Å². The van der Waals surface area contributed by atoms with Crippen molar-refractivity contribution in [2.45, 2.75) is 18.9 Å². The number of hydrogen-bond donors (Lipinski definition) is 0. The van der Waals surface area contributed by atoms with E-state index in [1.54, 1.807) is 13.0 Å². The summed E-state index contributed by atoms with van der Waals surface area (Å²) < 4.78 is 9.22. The van der Waals surface area contributed by atoms with Crippen LogP contribution >= 0.6 is 23.2 Å². The van der Waals surface area contributed by atoms with Crippen LogP contribution in [0.15, 0.2) is 18.2 Å². The summed E-state index contributed by atoms with van der Waals surface area (Å²) in [4.78, 5) is 36.5. The van der Waals surface area contributed by atoms with Gasteiger partial charge in [0.1, 0.15) is 0 Å². The fraction of sp³-hybridized carbons (Fsp3) is 0.357. The Bertz CT molecular complexity index is 681. The van der Waals surface area contributed by atoms with Crippen molar-refractivity contribution >= 4 is 41.3 Å². The average Bonchev–Trinajstić information content (AvgIpc) is 2.55. The summed E-state index contributed by atoms with van der Waals surface area (Å²) in [5.41, 5.74) is -0.986. The number of carbonyl (C=O) groups is 3. The van der Waals surface area contributed by atoms with E-state index in [4.69, 9.17) is 23.2 Å². The first kappa shape index (κ1) is 17.4. The van der Waals surface area contributed by atoms with Gasteiger partial charge < -0.3 is 9.47 Å². The Morgan fingerprint density at radius 2 is 1.74 bits per heavy atom. The number of hydrazine groups is 1.